The van der Waals surface area contributed by atoms with Gasteiger partial charge in [0, 0.05) is 31.3 Å². The molecule has 0 aliphatic heterocycles. The molecule has 0 atom stereocenters. The summed E-state index contributed by atoms with van der Waals surface area (Å²) in [5.74, 6) is -0.250. The number of anilines is 2. The van der Waals surface area contributed by atoms with Gasteiger partial charge in [0.1, 0.15) is 11.4 Å². The maximum absolute atomic E-state index is 11.6. The van der Waals surface area contributed by atoms with E-state index in [1.165, 1.54) is 30.7 Å². The molecule has 3 aromatic carbocycles. The summed E-state index contributed by atoms with van der Waals surface area (Å²) in [7, 11) is 0. The molecular formula is C24H22ClN5O3. The van der Waals surface area contributed by atoms with Crippen molar-refractivity contribution in [3.8, 4) is 0 Å². The zero-order valence-electron chi connectivity index (χ0n) is 17.9. The highest BCUT2D eigenvalue weighted by atomic mass is 35.5. The third-order valence-corrected chi connectivity index (χ3v) is 4.80. The van der Waals surface area contributed by atoms with Crippen molar-refractivity contribution >= 4 is 45.9 Å². The molecule has 0 saturated heterocycles. The minimum Gasteiger partial charge on any atom is -0.382 e. The van der Waals surface area contributed by atoms with E-state index in [2.05, 4.69) is 39.1 Å². The normalized spacial score (nSPS) is 11.1. The van der Waals surface area contributed by atoms with E-state index in [-0.39, 0.29) is 22.3 Å². The second kappa shape index (κ2) is 11.5. The van der Waals surface area contributed by atoms with E-state index in [1.807, 2.05) is 30.3 Å². The van der Waals surface area contributed by atoms with Crippen LogP contribution in [0.4, 0.5) is 28.4 Å². The molecule has 1 amide bonds. The molecule has 8 nitrogen and oxygen atoms in total. The summed E-state index contributed by atoms with van der Waals surface area (Å²) in [5, 5.41) is 25.2. The number of halogens is 1. The highest BCUT2D eigenvalue weighted by molar-refractivity contribution is 6.33. The zero-order valence-corrected chi connectivity index (χ0v) is 18.6. The SMILES string of the molecule is CC(=O)Nc1cc(NCC=CCc2ccccc2)ccc1N=Nc1ccc([N+](=O)[O-])cc1Cl. The fraction of sp³-hybridized carbons (Fsp3) is 0.125. The van der Waals surface area contributed by atoms with E-state index in [9.17, 15) is 14.9 Å². The first kappa shape index (κ1) is 23.6. The van der Waals surface area contributed by atoms with Gasteiger partial charge in [-0.3, -0.25) is 14.9 Å². The quantitative estimate of drug-likeness (QED) is 0.157. The van der Waals surface area contributed by atoms with Gasteiger partial charge < -0.3 is 10.6 Å². The smallest absolute Gasteiger partial charge is 0.271 e. The number of rotatable bonds is 9. The van der Waals surface area contributed by atoms with Crippen molar-refractivity contribution in [3.05, 3.63) is 99.6 Å². The van der Waals surface area contributed by atoms with Crippen LogP contribution in [0.2, 0.25) is 5.02 Å². The van der Waals surface area contributed by atoms with Crippen LogP contribution in [0.5, 0.6) is 0 Å². The van der Waals surface area contributed by atoms with Gasteiger partial charge in [-0.15, -0.1) is 10.2 Å². The predicted octanol–water partition coefficient (Wildman–Crippen LogP) is 6.83. The van der Waals surface area contributed by atoms with E-state index < -0.39 is 4.92 Å². The second-order valence-electron chi connectivity index (χ2n) is 7.05. The van der Waals surface area contributed by atoms with Gasteiger partial charge in [-0.05, 0) is 36.2 Å². The van der Waals surface area contributed by atoms with Crippen LogP contribution in [0.3, 0.4) is 0 Å². The first-order valence-electron chi connectivity index (χ1n) is 10.1. The Balaban J connectivity index is 1.69. The van der Waals surface area contributed by atoms with E-state index in [0.29, 0.717) is 17.9 Å². The number of carbonyl (C=O) groups is 1. The van der Waals surface area contributed by atoms with Gasteiger partial charge in [0.15, 0.2) is 0 Å². The first-order chi connectivity index (χ1) is 15.9. The Morgan fingerprint density at radius 2 is 1.76 bits per heavy atom. The minimum atomic E-state index is -0.537. The van der Waals surface area contributed by atoms with Crippen LogP contribution in [-0.4, -0.2) is 17.4 Å². The largest absolute Gasteiger partial charge is 0.382 e. The van der Waals surface area contributed by atoms with Crippen LogP contribution >= 0.6 is 11.6 Å². The molecule has 0 aliphatic rings. The van der Waals surface area contributed by atoms with Crippen molar-refractivity contribution in [1.82, 2.24) is 0 Å². The van der Waals surface area contributed by atoms with E-state index >= 15 is 0 Å². The molecule has 0 aliphatic carbocycles. The van der Waals surface area contributed by atoms with Crippen LogP contribution in [0, 0.1) is 10.1 Å². The monoisotopic (exact) mass is 463 g/mol. The predicted molar refractivity (Wildman–Crippen MR) is 131 cm³/mol. The Hall–Kier alpha value is -4.04. The van der Waals surface area contributed by atoms with Gasteiger partial charge in [-0.25, -0.2) is 0 Å². The lowest BCUT2D eigenvalue weighted by Crippen LogP contribution is -2.07. The van der Waals surface area contributed by atoms with E-state index in [4.69, 9.17) is 11.6 Å². The van der Waals surface area contributed by atoms with Gasteiger partial charge in [0.2, 0.25) is 5.91 Å². The number of nitro benzene ring substituents is 1. The molecule has 0 saturated carbocycles. The fourth-order valence-corrected chi connectivity index (χ4v) is 3.13. The zero-order chi connectivity index (χ0) is 23.6. The third kappa shape index (κ3) is 7.26. The van der Waals surface area contributed by atoms with Gasteiger partial charge in [-0.2, -0.15) is 0 Å². The van der Waals surface area contributed by atoms with Gasteiger partial charge >= 0.3 is 0 Å². The first-order valence-corrected chi connectivity index (χ1v) is 10.5. The summed E-state index contributed by atoms with van der Waals surface area (Å²) < 4.78 is 0. The maximum atomic E-state index is 11.6. The molecule has 0 fully saturated rings. The summed E-state index contributed by atoms with van der Waals surface area (Å²) in [4.78, 5) is 21.9. The Morgan fingerprint density at radius 1 is 1.03 bits per heavy atom. The number of non-ortho nitro benzene ring substituents is 1. The molecular weight excluding hydrogens is 442 g/mol. The number of carbonyl (C=O) groups excluding carboxylic acids is 1. The number of amides is 1. The molecule has 3 aromatic rings. The molecule has 9 heteroatoms. The van der Waals surface area contributed by atoms with E-state index in [1.54, 1.807) is 12.1 Å². The van der Waals surface area contributed by atoms with Crippen molar-refractivity contribution in [3.63, 3.8) is 0 Å². The second-order valence-corrected chi connectivity index (χ2v) is 7.46. The molecule has 2 N–H and O–H groups in total. The summed E-state index contributed by atoms with van der Waals surface area (Å²) in [6, 6.07) is 19.4. The van der Waals surface area contributed by atoms with E-state index in [0.717, 1.165) is 12.1 Å². The number of nitrogens with zero attached hydrogens (tertiary/aromatic N) is 3. The number of benzene rings is 3. The van der Waals surface area contributed by atoms with Crippen LogP contribution in [0.25, 0.3) is 0 Å². The molecule has 168 valence electrons. The lowest BCUT2D eigenvalue weighted by atomic mass is 10.1. The number of hydrogen-bond donors (Lipinski definition) is 2. The number of hydrogen-bond acceptors (Lipinski definition) is 6. The van der Waals surface area contributed by atoms with Crippen molar-refractivity contribution in [2.75, 3.05) is 17.2 Å². The van der Waals surface area contributed by atoms with Crippen molar-refractivity contribution in [1.29, 1.82) is 0 Å². The van der Waals surface area contributed by atoms with Crippen molar-refractivity contribution < 1.29 is 9.72 Å². The average molecular weight is 464 g/mol. The summed E-state index contributed by atoms with van der Waals surface area (Å²) >= 11 is 6.07. The maximum Gasteiger partial charge on any atom is 0.271 e. The lowest BCUT2D eigenvalue weighted by Gasteiger charge is -2.10. The fourth-order valence-electron chi connectivity index (χ4n) is 2.91. The lowest BCUT2D eigenvalue weighted by molar-refractivity contribution is -0.384. The van der Waals surface area contributed by atoms with Gasteiger partial charge in [0.25, 0.3) is 5.69 Å². The molecule has 33 heavy (non-hydrogen) atoms. The summed E-state index contributed by atoms with van der Waals surface area (Å²) in [5.41, 5.74) is 3.08. The number of nitro groups is 1. The minimum absolute atomic E-state index is 0.106. The van der Waals surface area contributed by atoms with Crippen molar-refractivity contribution in [2.45, 2.75) is 13.3 Å². The number of nitrogens with one attached hydrogen (secondary N) is 2. The van der Waals surface area contributed by atoms with Crippen LogP contribution in [0.15, 0.2) is 89.1 Å². The molecule has 0 heterocycles. The van der Waals surface area contributed by atoms with Crippen LogP contribution in [0.1, 0.15) is 12.5 Å². The Labute approximate surface area is 196 Å². The topological polar surface area (TPSA) is 109 Å². The molecule has 0 radical (unpaired) electrons. The molecule has 3 rings (SSSR count). The highest BCUT2D eigenvalue weighted by Crippen LogP contribution is 2.33. The summed E-state index contributed by atoms with van der Waals surface area (Å²) in [6.45, 7) is 2.02. The Bertz CT molecular complexity index is 1200. The molecule has 0 spiro atoms. The number of allylic oxidation sites excluding steroid dienone is 1. The highest BCUT2D eigenvalue weighted by Gasteiger charge is 2.10. The Kier molecular flexibility index (Phi) is 8.26. The molecule has 0 unspecified atom stereocenters. The standard InChI is InChI=1S/C24H22ClN5O3/c1-17(31)27-24-15-19(26-14-6-5-9-18-7-3-2-4-8-18)10-12-23(24)29-28-22-13-11-20(30(32)33)16-21(22)25/h2-8,10-13,15-16,26H,9,14H2,1H3,(H,27,31). The van der Waals surface area contributed by atoms with Gasteiger partial charge in [-0.1, -0.05) is 54.1 Å². The average Bonchev–Trinajstić information content (AvgIpc) is 2.79. The van der Waals surface area contributed by atoms with Crippen molar-refractivity contribution in [2.24, 2.45) is 10.2 Å². The molecule has 0 aromatic heterocycles. The Morgan fingerprint density at radius 3 is 2.45 bits per heavy atom. The number of azo groups is 1. The molecule has 0 bridgehead atoms. The van der Waals surface area contributed by atoms with Gasteiger partial charge in [0.05, 0.1) is 15.6 Å². The third-order valence-electron chi connectivity index (χ3n) is 4.50. The van der Waals surface area contributed by atoms with Crippen LogP contribution < -0.4 is 10.6 Å². The summed E-state index contributed by atoms with van der Waals surface area (Å²) in [6.07, 6.45) is 4.98. The van der Waals surface area contributed by atoms with Crippen LogP contribution in [-0.2, 0) is 11.2 Å².